The van der Waals surface area contributed by atoms with Crippen LogP contribution in [0, 0.1) is 5.92 Å². The zero-order valence-corrected chi connectivity index (χ0v) is 30.0. The van der Waals surface area contributed by atoms with Crippen LogP contribution >= 0.6 is 0 Å². The highest BCUT2D eigenvalue weighted by Crippen LogP contribution is 2.50. The Morgan fingerprint density at radius 1 is 0.760 bits per heavy atom. The summed E-state index contributed by atoms with van der Waals surface area (Å²) in [6.45, 7) is 12.1. The lowest BCUT2D eigenvalue weighted by molar-refractivity contribution is 0.00613. The lowest BCUT2D eigenvalue weighted by atomic mass is 9.83. The molecule has 4 heterocycles. The molecule has 2 N–H and O–H groups in total. The minimum absolute atomic E-state index is 0.0796. The van der Waals surface area contributed by atoms with Gasteiger partial charge in [-0.3, -0.25) is 9.80 Å². The van der Waals surface area contributed by atoms with Crippen LogP contribution in [0.3, 0.4) is 0 Å². The number of nitrogens with one attached hydrogen (secondary N) is 2. The van der Waals surface area contributed by atoms with E-state index in [1.807, 2.05) is 58.8 Å². The first-order valence-electron chi connectivity index (χ1n) is 18.2. The van der Waals surface area contributed by atoms with Gasteiger partial charge in [0.2, 0.25) is 0 Å². The highest BCUT2D eigenvalue weighted by Gasteiger charge is 2.51. The summed E-state index contributed by atoms with van der Waals surface area (Å²) in [5.41, 5.74) is 8.21. The van der Waals surface area contributed by atoms with Crippen molar-refractivity contribution in [2.45, 2.75) is 116 Å². The van der Waals surface area contributed by atoms with E-state index in [-0.39, 0.29) is 30.3 Å². The van der Waals surface area contributed by atoms with Crippen LogP contribution in [0.5, 0.6) is 0 Å². The number of likely N-dealkylation sites (tertiary alicyclic amines) is 2. The van der Waals surface area contributed by atoms with E-state index >= 15 is 0 Å². The summed E-state index contributed by atoms with van der Waals surface area (Å²) >= 11 is 0. The Bertz CT molecular complexity index is 1950. The number of amides is 2. The third kappa shape index (κ3) is 6.07. The van der Waals surface area contributed by atoms with E-state index < -0.39 is 11.2 Å². The van der Waals surface area contributed by atoms with Gasteiger partial charge in [0.25, 0.3) is 0 Å². The molecule has 1 unspecified atom stereocenters. The largest absolute Gasteiger partial charge is 0.444 e. The van der Waals surface area contributed by atoms with Crippen LogP contribution in [0.15, 0.2) is 48.8 Å². The summed E-state index contributed by atoms with van der Waals surface area (Å²) in [5.74, 6) is 2.06. The first kappa shape index (κ1) is 32.6. The summed E-state index contributed by atoms with van der Waals surface area (Å²) in [6, 6.07) is 13.4. The quantitative estimate of drug-likeness (QED) is 0.223. The predicted molar refractivity (Wildman–Crippen MR) is 191 cm³/mol. The molecule has 4 aromatic rings. The average Bonchev–Trinajstić information content (AvgIpc) is 3.90. The number of nitrogens with zero attached hydrogens (tertiary/aromatic N) is 4. The number of hydrogen-bond acceptors (Lipinski definition) is 6. The van der Waals surface area contributed by atoms with Crippen molar-refractivity contribution < 1.29 is 19.1 Å². The highest BCUT2D eigenvalue weighted by atomic mass is 16.6. The van der Waals surface area contributed by atoms with Crippen LogP contribution in [0.1, 0.15) is 109 Å². The second kappa shape index (κ2) is 12.0. The van der Waals surface area contributed by atoms with E-state index in [1.165, 1.54) is 22.3 Å². The Morgan fingerprint density at radius 2 is 1.34 bits per heavy atom. The molecular formula is C40H48N6O4. The number of carbonyl (C=O) groups is 2. The molecular weight excluding hydrogens is 628 g/mol. The molecule has 2 bridgehead atoms. The number of aromatic amines is 2. The number of benzene rings is 2. The number of piperidine rings is 1. The maximum atomic E-state index is 13.2. The number of H-pyrrole nitrogens is 2. The van der Waals surface area contributed by atoms with Crippen molar-refractivity contribution in [1.82, 2.24) is 29.7 Å². The van der Waals surface area contributed by atoms with E-state index in [1.54, 1.807) is 4.90 Å². The molecule has 2 aromatic carbocycles. The summed E-state index contributed by atoms with van der Waals surface area (Å²) in [6.07, 6.45) is 10.1. The van der Waals surface area contributed by atoms with E-state index in [9.17, 15) is 9.59 Å². The molecule has 2 amide bonds. The monoisotopic (exact) mass is 676 g/mol. The second-order valence-electron chi connectivity index (χ2n) is 16.5. The van der Waals surface area contributed by atoms with Gasteiger partial charge in [-0.2, -0.15) is 0 Å². The third-order valence-corrected chi connectivity index (χ3v) is 10.6. The van der Waals surface area contributed by atoms with Gasteiger partial charge in [0, 0.05) is 12.6 Å². The Labute approximate surface area is 294 Å². The Balaban J connectivity index is 0.996. The average molecular weight is 677 g/mol. The van der Waals surface area contributed by atoms with Gasteiger partial charge < -0.3 is 19.4 Å². The summed E-state index contributed by atoms with van der Waals surface area (Å²) in [5, 5.41) is 0. The van der Waals surface area contributed by atoms with Crippen LogP contribution in [0.25, 0.3) is 33.6 Å². The fourth-order valence-electron chi connectivity index (χ4n) is 8.52. The van der Waals surface area contributed by atoms with Gasteiger partial charge in [-0.05, 0) is 138 Å². The van der Waals surface area contributed by atoms with Crippen molar-refractivity contribution in [1.29, 1.82) is 0 Å². The van der Waals surface area contributed by atoms with Crippen LogP contribution in [0.2, 0.25) is 0 Å². The van der Waals surface area contributed by atoms with E-state index in [4.69, 9.17) is 19.4 Å². The van der Waals surface area contributed by atoms with Crippen LogP contribution in [-0.4, -0.2) is 65.7 Å². The van der Waals surface area contributed by atoms with Crippen molar-refractivity contribution in [3.05, 3.63) is 71.6 Å². The normalized spacial score (nSPS) is 22.8. The molecule has 0 radical (unpaired) electrons. The number of carbonyl (C=O) groups excluding carboxylic acids is 2. The lowest BCUT2D eigenvalue weighted by Crippen LogP contribution is -2.43. The molecule has 262 valence electrons. The van der Waals surface area contributed by atoms with Crippen molar-refractivity contribution in [2.75, 3.05) is 6.54 Å². The first-order chi connectivity index (χ1) is 23.8. The van der Waals surface area contributed by atoms with Crippen LogP contribution in [-0.2, 0) is 22.3 Å². The zero-order valence-electron chi connectivity index (χ0n) is 30.0. The molecule has 2 saturated heterocycles. The maximum Gasteiger partial charge on any atom is 0.411 e. The number of aromatic nitrogens is 4. The van der Waals surface area contributed by atoms with Gasteiger partial charge >= 0.3 is 12.2 Å². The SMILES string of the molecule is CC(C)(C)OC(=O)N1CCC[C@H]1c1ncc(-c2ccc3c(c2)CCc2cc(-c4cnc(C5[C@H]6CC[C@H](C6)N5C(=O)OC(C)(C)C)[nH]4)ccc2-3)[nH]1. The van der Waals surface area contributed by atoms with Gasteiger partial charge in [0.1, 0.15) is 22.9 Å². The fraction of sp³-hybridized carbons (Fsp3) is 0.500. The highest BCUT2D eigenvalue weighted by molar-refractivity contribution is 5.79. The molecule has 10 heteroatoms. The standard InChI is InChI=1S/C40H48N6O4/c1-39(2,3)49-37(47)45-17-7-8-33(45)35-41-21-31(43-35)25-12-15-29-23(18-25)9-10-24-19-26(13-16-30(24)29)32-22-42-36(44-32)34-27-11-14-28(20-27)46(34)38(48)50-40(4,5)6/h12-13,15-16,18-19,21-22,27-28,33-34H,7-11,14,17,20H2,1-6H3,(H,41,43)(H,42,44)/t27-,28+,33-,34?/m0/s1. The van der Waals surface area contributed by atoms with Gasteiger partial charge in [-0.1, -0.05) is 24.3 Å². The van der Waals surface area contributed by atoms with Gasteiger partial charge in [0.15, 0.2) is 0 Å². The minimum Gasteiger partial charge on any atom is -0.444 e. The predicted octanol–water partition coefficient (Wildman–Crippen LogP) is 8.76. The van der Waals surface area contributed by atoms with Crippen molar-refractivity contribution in [2.24, 2.45) is 5.92 Å². The number of aryl methyl sites for hydroxylation is 2. The number of imidazole rings is 2. The van der Waals surface area contributed by atoms with E-state index in [0.717, 1.165) is 79.1 Å². The van der Waals surface area contributed by atoms with Crippen molar-refractivity contribution in [3.63, 3.8) is 0 Å². The fourth-order valence-corrected chi connectivity index (χ4v) is 8.52. The molecule has 4 atom stereocenters. The van der Waals surface area contributed by atoms with E-state index in [2.05, 4.69) is 46.4 Å². The summed E-state index contributed by atoms with van der Waals surface area (Å²) in [7, 11) is 0. The molecule has 1 saturated carbocycles. The van der Waals surface area contributed by atoms with Gasteiger partial charge in [0.05, 0.1) is 35.9 Å². The number of ether oxygens (including phenoxy) is 2. The van der Waals surface area contributed by atoms with Crippen LogP contribution < -0.4 is 0 Å². The maximum absolute atomic E-state index is 13.2. The second-order valence-corrected chi connectivity index (χ2v) is 16.5. The molecule has 2 aliphatic heterocycles. The third-order valence-electron chi connectivity index (χ3n) is 10.6. The Kier molecular flexibility index (Phi) is 7.84. The molecule has 2 aromatic heterocycles. The Hall–Kier alpha value is -4.60. The van der Waals surface area contributed by atoms with Gasteiger partial charge in [-0.25, -0.2) is 19.6 Å². The van der Waals surface area contributed by atoms with E-state index in [0.29, 0.717) is 12.5 Å². The van der Waals surface area contributed by atoms with Gasteiger partial charge in [-0.15, -0.1) is 0 Å². The molecule has 8 rings (SSSR count). The minimum atomic E-state index is -0.536. The molecule has 50 heavy (non-hydrogen) atoms. The van der Waals surface area contributed by atoms with Crippen LogP contribution in [0.4, 0.5) is 9.59 Å². The summed E-state index contributed by atoms with van der Waals surface area (Å²) in [4.78, 5) is 46.5. The molecule has 2 aliphatic carbocycles. The van der Waals surface area contributed by atoms with Crippen molar-refractivity contribution >= 4 is 12.2 Å². The van der Waals surface area contributed by atoms with Crippen molar-refractivity contribution in [3.8, 4) is 33.6 Å². The molecule has 4 aliphatic rings. The molecule has 0 spiro atoms. The molecule has 3 fully saturated rings. The number of fused-ring (bicyclic) bond motifs is 5. The smallest absolute Gasteiger partial charge is 0.411 e. The zero-order chi connectivity index (χ0) is 34.9. The number of hydrogen-bond donors (Lipinski definition) is 2. The number of rotatable bonds is 4. The summed E-state index contributed by atoms with van der Waals surface area (Å²) < 4.78 is 11.5. The topological polar surface area (TPSA) is 116 Å². The Morgan fingerprint density at radius 3 is 1.96 bits per heavy atom. The molecule has 10 nitrogen and oxygen atoms in total. The first-order valence-corrected chi connectivity index (χ1v) is 18.2. The lowest BCUT2D eigenvalue weighted by Gasteiger charge is -2.35.